The average molecular weight is 282 g/mol. The molecule has 0 radical (unpaired) electrons. The third kappa shape index (κ3) is 0.981. The van der Waals surface area contributed by atoms with Crippen LogP contribution in [0.15, 0.2) is 0 Å². The van der Waals surface area contributed by atoms with Crippen molar-refractivity contribution in [2.45, 2.75) is 22.9 Å². The lowest BCUT2D eigenvalue weighted by Crippen LogP contribution is -2.22. The molecule has 3 heterocycles. The van der Waals surface area contributed by atoms with Crippen LogP contribution in [0.3, 0.4) is 0 Å². The lowest BCUT2D eigenvalue weighted by atomic mass is 9.91. The van der Waals surface area contributed by atoms with Gasteiger partial charge in [0.2, 0.25) is 0 Å². The highest BCUT2D eigenvalue weighted by molar-refractivity contribution is 14.1. The van der Waals surface area contributed by atoms with Gasteiger partial charge in [0.05, 0.1) is 13.2 Å². The van der Waals surface area contributed by atoms with Crippen LogP contribution in [0.4, 0.5) is 0 Å². The van der Waals surface area contributed by atoms with E-state index in [0.717, 1.165) is 19.6 Å². The van der Waals surface area contributed by atoms with E-state index in [0.29, 0.717) is 15.8 Å². The first-order valence-electron chi connectivity index (χ1n) is 4.39. The molecule has 12 heavy (non-hydrogen) atoms. The molecule has 0 aromatic rings. The highest BCUT2D eigenvalue weighted by atomic mass is 127. The maximum Gasteiger partial charge on any atom is 0.165 e. The Labute approximate surface area is 84.9 Å². The van der Waals surface area contributed by atoms with Gasteiger partial charge in [0, 0.05) is 15.8 Å². The second-order valence-electron chi connectivity index (χ2n) is 3.62. The number of fused-ring (bicyclic) bond motifs is 3. The van der Waals surface area contributed by atoms with E-state index in [1.807, 2.05) is 0 Å². The lowest BCUT2D eigenvalue weighted by Gasteiger charge is -2.14. The molecular formula is C8H11IO3. The fourth-order valence-electron chi connectivity index (χ4n) is 2.41. The standard InChI is InChI=1S/C8H11IO3/c9-5-3-11-8-6(5)4-1-2-10-7(4)12-8/h4-8H,1-3H2/t4-,5+,6+,7+,8+/m0/s1. The van der Waals surface area contributed by atoms with Crippen molar-refractivity contribution in [2.75, 3.05) is 13.2 Å². The maximum atomic E-state index is 5.63. The normalized spacial score (nSPS) is 57.2. The number of ether oxygens (including phenoxy) is 3. The average Bonchev–Trinajstić information content (AvgIpc) is 2.61. The van der Waals surface area contributed by atoms with E-state index in [-0.39, 0.29) is 12.6 Å². The molecule has 3 saturated heterocycles. The van der Waals surface area contributed by atoms with E-state index in [9.17, 15) is 0 Å². The van der Waals surface area contributed by atoms with Crippen LogP contribution >= 0.6 is 22.6 Å². The zero-order chi connectivity index (χ0) is 8.13. The van der Waals surface area contributed by atoms with Crippen molar-refractivity contribution >= 4 is 22.6 Å². The van der Waals surface area contributed by atoms with Crippen molar-refractivity contribution in [1.82, 2.24) is 0 Å². The highest BCUT2D eigenvalue weighted by Gasteiger charge is 2.54. The topological polar surface area (TPSA) is 27.7 Å². The van der Waals surface area contributed by atoms with Crippen LogP contribution in [0.1, 0.15) is 6.42 Å². The van der Waals surface area contributed by atoms with Gasteiger partial charge in [0.15, 0.2) is 12.6 Å². The predicted octanol–water partition coefficient (Wildman–Crippen LogP) is 1.16. The summed E-state index contributed by atoms with van der Waals surface area (Å²) in [6, 6.07) is 0. The zero-order valence-corrected chi connectivity index (χ0v) is 8.77. The Morgan fingerprint density at radius 2 is 2.08 bits per heavy atom. The maximum absolute atomic E-state index is 5.63. The van der Waals surface area contributed by atoms with Gasteiger partial charge in [-0.2, -0.15) is 0 Å². The summed E-state index contributed by atoms with van der Waals surface area (Å²) < 4.78 is 17.2. The van der Waals surface area contributed by atoms with Gasteiger partial charge in [-0.15, -0.1) is 0 Å². The van der Waals surface area contributed by atoms with E-state index in [2.05, 4.69) is 22.6 Å². The van der Waals surface area contributed by atoms with Gasteiger partial charge in [0.25, 0.3) is 0 Å². The van der Waals surface area contributed by atoms with Crippen LogP contribution in [-0.4, -0.2) is 29.7 Å². The largest absolute Gasteiger partial charge is 0.352 e. The zero-order valence-electron chi connectivity index (χ0n) is 6.61. The van der Waals surface area contributed by atoms with Crippen LogP contribution in [0, 0.1) is 11.8 Å². The lowest BCUT2D eigenvalue weighted by molar-refractivity contribution is -0.188. The van der Waals surface area contributed by atoms with Gasteiger partial charge in [-0.3, -0.25) is 0 Å². The molecule has 0 aromatic heterocycles. The summed E-state index contributed by atoms with van der Waals surface area (Å²) in [6.45, 7) is 1.71. The Morgan fingerprint density at radius 3 is 3.00 bits per heavy atom. The minimum atomic E-state index is 0.0298. The minimum absolute atomic E-state index is 0.0298. The van der Waals surface area contributed by atoms with Crippen molar-refractivity contribution in [3.8, 4) is 0 Å². The van der Waals surface area contributed by atoms with Crippen molar-refractivity contribution in [1.29, 1.82) is 0 Å². The number of rotatable bonds is 0. The van der Waals surface area contributed by atoms with Gasteiger partial charge in [-0.25, -0.2) is 0 Å². The molecule has 4 heteroatoms. The molecule has 0 amide bonds. The molecule has 0 unspecified atom stereocenters. The first-order chi connectivity index (χ1) is 5.86. The first-order valence-corrected chi connectivity index (χ1v) is 5.63. The van der Waals surface area contributed by atoms with Gasteiger partial charge >= 0.3 is 0 Å². The first kappa shape index (κ1) is 7.96. The fourth-order valence-corrected chi connectivity index (χ4v) is 3.49. The molecule has 3 aliphatic rings. The molecule has 5 atom stereocenters. The molecule has 0 aromatic carbocycles. The Morgan fingerprint density at radius 1 is 1.17 bits per heavy atom. The third-order valence-electron chi connectivity index (χ3n) is 3.00. The summed E-state index contributed by atoms with van der Waals surface area (Å²) >= 11 is 2.47. The summed E-state index contributed by atoms with van der Waals surface area (Å²) in [5.74, 6) is 1.18. The monoisotopic (exact) mass is 282 g/mol. The molecule has 68 valence electrons. The van der Waals surface area contributed by atoms with Crippen molar-refractivity contribution in [2.24, 2.45) is 11.8 Å². The molecular weight excluding hydrogens is 271 g/mol. The second kappa shape index (κ2) is 2.80. The fraction of sp³-hybridized carbons (Fsp3) is 1.00. The van der Waals surface area contributed by atoms with Crippen LogP contribution in [-0.2, 0) is 14.2 Å². The number of alkyl halides is 1. The molecule has 0 spiro atoms. The Bertz CT molecular complexity index is 199. The predicted molar refractivity (Wildman–Crippen MR) is 50.0 cm³/mol. The molecule has 3 nitrogen and oxygen atoms in total. The van der Waals surface area contributed by atoms with Gasteiger partial charge in [-0.05, 0) is 6.42 Å². The molecule has 3 fully saturated rings. The Hall–Kier alpha value is 0.610. The number of hydrogen-bond donors (Lipinski definition) is 0. The van der Waals surface area contributed by atoms with Gasteiger partial charge in [-0.1, -0.05) is 22.6 Å². The number of hydrogen-bond acceptors (Lipinski definition) is 3. The van der Waals surface area contributed by atoms with E-state index >= 15 is 0 Å². The molecule has 0 bridgehead atoms. The van der Waals surface area contributed by atoms with Gasteiger partial charge in [0.1, 0.15) is 0 Å². The van der Waals surface area contributed by atoms with E-state index in [1.165, 1.54) is 0 Å². The summed E-state index contributed by atoms with van der Waals surface area (Å²) in [4.78, 5) is 0. The van der Waals surface area contributed by atoms with E-state index in [4.69, 9.17) is 14.2 Å². The van der Waals surface area contributed by atoms with Crippen molar-refractivity contribution in [3.05, 3.63) is 0 Å². The second-order valence-corrected chi connectivity index (χ2v) is 5.22. The third-order valence-corrected chi connectivity index (χ3v) is 4.19. The van der Waals surface area contributed by atoms with Crippen LogP contribution in [0.25, 0.3) is 0 Å². The van der Waals surface area contributed by atoms with Crippen molar-refractivity contribution in [3.63, 3.8) is 0 Å². The summed E-state index contributed by atoms with van der Waals surface area (Å²) in [6.07, 6.45) is 1.22. The summed E-state index contributed by atoms with van der Waals surface area (Å²) in [5, 5.41) is 0. The van der Waals surface area contributed by atoms with Crippen molar-refractivity contribution < 1.29 is 14.2 Å². The van der Waals surface area contributed by atoms with Crippen LogP contribution < -0.4 is 0 Å². The molecule has 0 aliphatic carbocycles. The summed E-state index contributed by atoms with van der Waals surface area (Å²) in [5.41, 5.74) is 0. The minimum Gasteiger partial charge on any atom is -0.352 e. The van der Waals surface area contributed by atoms with Crippen LogP contribution in [0.2, 0.25) is 0 Å². The van der Waals surface area contributed by atoms with Gasteiger partial charge < -0.3 is 14.2 Å². The molecule has 3 aliphatic heterocycles. The number of halogens is 1. The smallest absolute Gasteiger partial charge is 0.165 e. The Kier molecular flexibility index (Phi) is 1.86. The van der Waals surface area contributed by atoms with Crippen LogP contribution in [0.5, 0.6) is 0 Å². The highest BCUT2D eigenvalue weighted by Crippen LogP contribution is 2.47. The molecule has 0 N–H and O–H groups in total. The summed E-state index contributed by atoms with van der Waals surface area (Å²) in [7, 11) is 0. The van der Waals surface area contributed by atoms with E-state index < -0.39 is 0 Å². The SMILES string of the molecule is I[C@@H]1CO[C@@H]2O[C@H]3OCC[C@H]3[C@@H]21. The molecule has 0 saturated carbocycles. The molecule has 3 rings (SSSR count). The Balaban J connectivity index is 1.85. The van der Waals surface area contributed by atoms with E-state index in [1.54, 1.807) is 0 Å². The quantitative estimate of drug-likeness (QED) is 0.493.